The normalized spacial score (nSPS) is 29.0. The number of benzene rings is 1. The molecule has 4 aliphatic heterocycles. The number of carbonyl (C=O) groups excluding carboxylic acids is 1. The summed E-state index contributed by atoms with van der Waals surface area (Å²) in [5.74, 6) is -0.0947. The zero-order valence-corrected chi connectivity index (χ0v) is 22.8. The van der Waals surface area contributed by atoms with Gasteiger partial charge in [0.05, 0.1) is 31.1 Å². The minimum atomic E-state index is -0.235. The first-order valence-electron chi connectivity index (χ1n) is 14.1. The van der Waals surface area contributed by atoms with Gasteiger partial charge in [-0.3, -0.25) is 19.6 Å². The number of nitrogens with one attached hydrogen (secondary N) is 1. The molecule has 2 aromatic rings. The van der Waals surface area contributed by atoms with Crippen LogP contribution >= 0.6 is 0 Å². The molecule has 2 bridgehead atoms. The van der Waals surface area contributed by atoms with Crippen molar-refractivity contribution in [1.82, 2.24) is 20.1 Å². The molecule has 7 nitrogen and oxygen atoms in total. The Labute approximate surface area is 225 Å². The molecule has 0 saturated carbocycles. The van der Waals surface area contributed by atoms with Crippen molar-refractivity contribution in [2.75, 3.05) is 50.8 Å². The summed E-state index contributed by atoms with van der Waals surface area (Å²) in [4.78, 5) is 25.7. The van der Waals surface area contributed by atoms with Crippen molar-refractivity contribution in [3.63, 3.8) is 0 Å². The van der Waals surface area contributed by atoms with E-state index in [0.29, 0.717) is 43.7 Å². The predicted molar refractivity (Wildman–Crippen MR) is 146 cm³/mol. The molecule has 3 fully saturated rings. The highest BCUT2D eigenvalue weighted by Crippen LogP contribution is 2.40. The molecule has 204 valence electrons. The van der Waals surface area contributed by atoms with Gasteiger partial charge in [-0.1, -0.05) is 26.0 Å². The summed E-state index contributed by atoms with van der Waals surface area (Å²) in [5.41, 5.74) is 3.75. The van der Waals surface area contributed by atoms with Crippen molar-refractivity contribution >= 4 is 11.6 Å². The Kier molecular flexibility index (Phi) is 7.01. The van der Waals surface area contributed by atoms with Crippen molar-refractivity contribution in [2.24, 2.45) is 0 Å². The van der Waals surface area contributed by atoms with E-state index in [9.17, 15) is 9.18 Å². The van der Waals surface area contributed by atoms with E-state index in [-0.39, 0.29) is 17.1 Å². The molecule has 4 aliphatic rings. The molecule has 3 saturated heterocycles. The molecule has 5 heterocycles. The summed E-state index contributed by atoms with van der Waals surface area (Å²) in [6.07, 6.45) is 4.99. The Hall–Kier alpha value is -2.39. The van der Waals surface area contributed by atoms with Crippen molar-refractivity contribution < 1.29 is 13.9 Å². The number of hydrogen-bond donors (Lipinski definition) is 1. The van der Waals surface area contributed by atoms with Gasteiger partial charge in [-0.05, 0) is 55.5 Å². The molecule has 6 rings (SSSR count). The van der Waals surface area contributed by atoms with Crippen LogP contribution in [0.1, 0.15) is 50.4 Å². The second kappa shape index (κ2) is 10.3. The van der Waals surface area contributed by atoms with E-state index < -0.39 is 0 Å². The smallest absolute Gasteiger partial charge is 0.241 e. The van der Waals surface area contributed by atoms with Crippen LogP contribution in [0.5, 0.6) is 0 Å². The van der Waals surface area contributed by atoms with E-state index in [2.05, 4.69) is 42.0 Å². The first-order valence-corrected chi connectivity index (χ1v) is 14.1. The number of aromatic nitrogens is 1. The van der Waals surface area contributed by atoms with E-state index >= 15 is 0 Å². The predicted octanol–water partition coefficient (Wildman–Crippen LogP) is 2.96. The van der Waals surface area contributed by atoms with Crippen LogP contribution in [-0.2, 0) is 21.4 Å². The summed E-state index contributed by atoms with van der Waals surface area (Å²) >= 11 is 0. The van der Waals surface area contributed by atoms with Crippen molar-refractivity contribution in [1.29, 1.82) is 0 Å². The van der Waals surface area contributed by atoms with Crippen molar-refractivity contribution in [3.8, 4) is 0 Å². The Morgan fingerprint density at radius 2 is 1.89 bits per heavy atom. The van der Waals surface area contributed by atoms with Gasteiger partial charge in [0.2, 0.25) is 5.91 Å². The summed E-state index contributed by atoms with van der Waals surface area (Å²) in [5, 5.41) is 3.65. The molecule has 0 spiro atoms. The molecule has 0 radical (unpaired) electrons. The monoisotopic (exact) mass is 521 g/mol. The van der Waals surface area contributed by atoms with E-state index in [1.807, 2.05) is 23.2 Å². The first-order chi connectivity index (χ1) is 18.3. The maximum atomic E-state index is 13.9. The molecule has 0 aliphatic carbocycles. The largest absolute Gasteiger partial charge is 0.378 e. The van der Waals surface area contributed by atoms with Gasteiger partial charge in [-0.15, -0.1) is 0 Å². The number of nitrogens with zero attached hydrogens (tertiary/aromatic N) is 4. The maximum Gasteiger partial charge on any atom is 0.241 e. The van der Waals surface area contributed by atoms with Crippen molar-refractivity contribution in [3.05, 3.63) is 59.2 Å². The minimum Gasteiger partial charge on any atom is -0.378 e. The van der Waals surface area contributed by atoms with Gasteiger partial charge in [-0.25, -0.2) is 4.39 Å². The zero-order valence-electron chi connectivity index (χ0n) is 22.8. The number of morpholine rings is 1. The standard InChI is InChI=1S/C30H40FN5O2/c1-20-14-34(26(13-32-20)15-35-24-8-9-25(35)18-38-17-24)16-28(37)36-19-30(2,3)29-27(36)11-22(12-33-29)10-21-4-6-23(31)7-5-21/h4-7,11-12,20,24-26,32H,8-10,13-19H2,1-3H3/t20-,24?,25?,26-/m1/s1. The lowest BCUT2D eigenvalue weighted by Crippen LogP contribution is -2.62. The van der Waals surface area contributed by atoms with Gasteiger partial charge in [0, 0.05) is 62.0 Å². The highest BCUT2D eigenvalue weighted by atomic mass is 19.1. The van der Waals surface area contributed by atoms with E-state index in [0.717, 1.165) is 55.4 Å². The molecule has 38 heavy (non-hydrogen) atoms. The third-order valence-electron chi connectivity index (χ3n) is 8.91. The van der Waals surface area contributed by atoms with Crippen LogP contribution in [0.2, 0.25) is 0 Å². The van der Waals surface area contributed by atoms with E-state index in [1.165, 1.54) is 25.0 Å². The summed E-state index contributed by atoms with van der Waals surface area (Å²) in [6, 6.07) is 10.4. The second-order valence-electron chi connectivity index (χ2n) is 12.4. The number of halogens is 1. The SMILES string of the molecule is C[C@@H]1CN(CC(=O)N2CC(C)(C)c3ncc(Cc4ccc(F)cc4)cc32)[C@@H](CN2C3CCC2COC3)CN1. The van der Waals surface area contributed by atoms with Crippen LogP contribution in [0.4, 0.5) is 10.1 Å². The Balaban J connectivity index is 1.19. The van der Waals surface area contributed by atoms with E-state index in [4.69, 9.17) is 9.72 Å². The third kappa shape index (κ3) is 5.11. The van der Waals surface area contributed by atoms with Gasteiger partial charge in [0.25, 0.3) is 0 Å². The highest BCUT2D eigenvalue weighted by molar-refractivity contribution is 5.97. The lowest BCUT2D eigenvalue weighted by molar-refractivity contribution is -0.121. The molecular formula is C30H40FN5O2. The number of piperazine rings is 1. The van der Waals surface area contributed by atoms with Crippen LogP contribution in [0.3, 0.4) is 0 Å². The number of hydrogen-bond acceptors (Lipinski definition) is 6. The summed E-state index contributed by atoms with van der Waals surface area (Å²) < 4.78 is 19.2. The Morgan fingerprint density at radius 3 is 2.63 bits per heavy atom. The lowest BCUT2D eigenvalue weighted by atomic mass is 9.91. The van der Waals surface area contributed by atoms with Gasteiger partial charge in [0.15, 0.2) is 0 Å². The number of amides is 1. The van der Waals surface area contributed by atoms with Gasteiger partial charge < -0.3 is 15.0 Å². The highest BCUT2D eigenvalue weighted by Gasteiger charge is 2.42. The molecule has 1 aromatic heterocycles. The maximum absolute atomic E-state index is 13.9. The average molecular weight is 522 g/mol. The van der Waals surface area contributed by atoms with Crippen LogP contribution in [0, 0.1) is 5.82 Å². The molecule has 1 aromatic carbocycles. The minimum absolute atomic E-state index is 0.140. The quantitative estimate of drug-likeness (QED) is 0.631. The number of pyridine rings is 1. The number of rotatable bonds is 6. The first kappa shape index (κ1) is 25.9. The molecule has 1 amide bonds. The summed E-state index contributed by atoms with van der Waals surface area (Å²) in [6.45, 7) is 12.0. The zero-order chi connectivity index (χ0) is 26.4. The topological polar surface area (TPSA) is 60.9 Å². The number of carbonyl (C=O) groups is 1. The number of fused-ring (bicyclic) bond motifs is 3. The summed E-state index contributed by atoms with van der Waals surface area (Å²) in [7, 11) is 0. The molecule has 2 unspecified atom stereocenters. The fourth-order valence-electron chi connectivity index (χ4n) is 6.85. The number of ether oxygens (including phenoxy) is 1. The lowest BCUT2D eigenvalue weighted by Gasteiger charge is -2.44. The average Bonchev–Trinajstić information content (AvgIpc) is 3.27. The molecule has 4 atom stereocenters. The third-order valence-corrected chi connectivity index (χ3v) is 8.91. The van der Waals surface area contributed by atoms with Gasteiger partial charge >= 0.3 is 0 Å². The molecule has 8 heteroatoms. The second-order valence-corrected chi connectivity index (χ2v) is 12.4. The van der Waals surface area contributed by atoms with Gasteiger partial charge in [0.1, 0.15) is 5.82 Å². The Morgan fingerprint density at radius 1 is 1.16 bits per heavy atom. The number of anilines is 1. The fraction of sp³-hybridized carbons (Fsp3) is 0.600. The van der Waals surface area contributed by atoms with Crippen LogP contribution in [0.25, 0.3) is 0 Å². The molecule has 1 N–H and O–H groups in total. The Bertz CT molecular complexity index is 1160. The molecular weight excluding hydrogens is 481 g/mol. The van der Waals surface area contributed by atoms with E-state index in [1.54, 1.807) is 0 Å². The van der Waals surface area contributed by atoms with Crippen LogP contribution in [-0.4, -0.2) is 90.8 Å². The van der Waals surface area contributed by atoms with Crippen LogP contribution < -0.4 is 10.2 Å². The fourth-order valence-corrected chi connectivity index (χ4v) is 6.85. The van der Waals surface area contributed by atoms with Crippen LogP contribution in [0.15, 0.2) is 36.5 Å². The van der Waals surface area contributed by atoms with Crippen molar-refractivity contribution in [2.45, 2.75) is 69.6 Å². The van der Waals surface area contributed by atoms with Gasteiger partial charge in [-0.2, -0.15) is 0 Å².